The van der Waals surface area contributed by atoms with Gasteiger partial charge in [0, 0.05) is 18.1 Å². The van der Waals surface area contributed by atoms with Crippen LogP contribution >= 0.6 is 0 Å². The second-order valence-electron chi connectivity index (χ2n) is 6.53. The van der Waals surface area contributed by atoms with Gasteiger partial charge in [-0.25, -0.2) is 4.39 Å². The van der Waals surface area contributed by atoms with Crippen LogP contribution in [0.5, 0.6) is 0 Å². The van der Waals surface area contributed by atoms with E-state index in [1.165, 1.54) is 43.5 Å². The Bertz CT molecular complexity index is 651. The number of likely N-dealkylation sites (tertiary alicyclic amines) is 1. The Hall–Kier alpha value is -2.21. The van der Waals surface area contributed by atoms with Crippen LogP contribution in [-0.4, -0.2) is 36.2 Å². The molecule has 0 saturated carbocycles. The van der Waals surface area contributed by atoms with Crippen LogP contribution in [-0.2, 0) is 4.79 Å². The molecule has 136 valence electrons. The maximum atomic E-state index is 13.1. The first kappa shape index (κ1) is 19.1. The van der Waals surface area contributed by atoms with Crippen molar-refractivity contribution in [1.29, 1.82) is 5.41 Å². The molecule has 2 rings (SSSR count). The molecule has 1 fully saturated rings. The zero-order valence-corrected chi connectivity index (χ0v) is 14.8. The molecule has 1 aliphatic rings. The number of carbonyl (C=O) groups excluding carboxylic acids is 1. The molecule has 25 heavy (non-hydrogen) atoms. The summed E-state index contributed by atoms with van der Waals surface area (Å²) in [6, 6.07) is 4.21. The lowest BCUT2D eigenvalue weighted by molar-refractivity contribution is -0.120. The van der Waals surface area contributed by atoms with Gasteiger partial charge in [0.05, 0.1) is 5.71 Å². The van der Waals surface area contributed by atoms with Crippen LogP contribution < -0.4 is 11.1 Å². The van der Waals surface area contributed by atoms with Gasteiger partial charge in [0.2, 0.25) is 5.91 Å². The Balaban J connectivity index is 1.79. The number of rotatable bonds is 7. The van der Waals surface area contributed by atoms with Gasteiger partial charge in [-0.2, -0.15) is 0 Å². The van der Waals surface area contributed by atoms with E-state index in [0.29, 0.717) is 17.5 Å². The number of benzene rings is 1. The molecular weight excluding hydrogens is 319 g/mol. The fourth-order valence-corrected chi connectivity index (χ4v) is 3.07. The molecule has 1 aliphatic heterocycles. The monoisotopic (exact) mass is 346 g/mol. The van der Waals surface area contributed by atoms with Gasteiger partial charge in [0.1, 0.15) is 11.6 Å². The summed E-state index contributed by atoms with van der Waals surface area (Å²) >= 11 is 0. The summed E-state index contributed by atoms with van der Waals surface area (Å²) < 4.78 is 13.1. The molecule has 1 heterocycles. The number of allylic oxidation sites excluding steroid dienone is 1. The Morgan fingerprint density at radius 1 is 1.36 bits per heavy atom. The number of hydrogen-bond donors (Lipinski definition) is 3. The average molecular weight is 346 g/mol. The van der Waals surface area contributed by atoms with Crippen molar-refractivity contribution in [2.24, 2.45) is 5.73 Å². The van der Waals surface area contributed by atoms with E-state index in [2.05, 4.69) is 10.2 Å². The summed E-state index contributed by atoms with van der Waals surface area (Å²) in [5.74, 6) is -0.348. The molecule has 0 atom stereocenters. The van der Waals surface area contributed by atoms with Gasteiger partial charge in [0.25, 0.3) is 0 Å². The van der Waals surface area contributed by atoms with Crippen molar-refractivity contribution in [3.63, 3.8) is 0 Å². The number of hydrogen-bond acceptors (Lipinski definition) is 4. The Morgan fingerprint density at radius 3 is 2.76 bits per heavy atom. The predicted molar refractivity (Wildman–Crippen MR) is 97.9 cm³/mol. The summed E-state index contributed by atoms with van der Waals surface area (Å²) in [5, 5.41) is 10.7. The Labute approximate surface area is 148 Å². The minimum atomic E-state index is -0.340. The van der Waals surface area contributed by atoms with Crippen molar-refractivity contribution >= 4 is 11.6 Å². The number of amides is 1. The number of aryl methyl sites for hydroxylation is 1. The van der Waals surface area contributed by atoms with Gasteiger partial charge in [-0.15, -0.1) is 0 Å². The van der Waals surface area contributed by atoms with E-state index in [4.69, 9.17) is 11.1 Å². The van der Waals surface area contributed by atoms with E-state index in [1.807, 2.05) is 0 Å². The van der Waals surface area contributed by atoms with Crippen LogP contribution in [0.3, 0.4) is 0 Å². The first-order chi connectivity index (χ1) is 12.0. The zero-order chi connectivity index (χ0) is 18.2. The topological polar surface area (TPSA) is 82.2 Å². The maximum Gasteiger partial charge on any atom is 0.225 e. The normalized spacial score (nSPS) is 15.8. The Kier molecular flexibility index (Phi) is 7.13. The SMILES string of the molecule is Cc1cc(F)ccc1C(=N)/C=C(\N)NC(=O)CCCN1CCCCC1. The highest BCUT2D eigenvalue weighted by atomic mass is 19.1. The molecule has 0 radical (unpaired) electrons. The quantitative estimate of drug-likeness (QED) is 0.664. The second-order valence-corrected chi connectivity index (χ2v) is 6.53. The van der Waals surface area contributed by atoms with Gasteiger partial charge in [0.15, 0.2) is 0 Å². The first-order valence-electron chi connectivity index (χ1n) is 8.80. The highest BCUT2D eigenvalue weighted by molar-refractivity contribution is 6.08. The number of nitrogens with two attached hydrogens (primary N) is 1. The highest BCUT2D eigenvalue weighted by Crippen LogP contribution is 2.12. The van der Waals surface area contributed by atoms with Crippen LogP contribution in [0, 0.1) is 18.2 Å². The number of carbonyl (C=O) groups is 1. The molecule has 1 aromatic rings. The van der Waals surface area contributed by atoms with Gasteiger partial charge in [-0.05, 0) is 69.6 Å². The Morgan fingerprint density at radius 2 is 2.08 bits per heavy atom. The molecule has 4 N–H and O–H groups in total. The summed E-state index contributed by atoms with van der Waals surface area (Å²) in [7, 11) is 0. The van der Waals surface area contributed by atoms with Gasteiger partial charge >= 0.3 is 0 Å². The molecule has 0 spiro atoms. The van der Waals surface area contributed by atoms with E-state index < -0.39 is 0 Å². The molecule has 0 aliphatic carbocycles. The van der Waals surface area contributed by atoms with Crippen LogP contribution in [0.15, 0.2) is 30.1 Å². The molecule has 1 amide bonds. The van der Waals surface area contributed by atoms with E-state index in [0.717, 1.165) is 26.1 Å². The van der Waals surface area contributed by atoms with E-state index in [9.17, 15) is 9.18 Å². The van der Waals surface area contributed by atoms with E-state index in [1.54, 1.807) is 6.92 Å². The van der Waals surface area contributed by atoms with E-state index >= 15 is 0 Å². The molecular formula is C19H27FN4O. The lowest BCUT2D eigenvalue weighted by Gasteiger charge is -2.26. The molecule has 5 nitrogen and oxygen atoms in total. The summed E-state index contributed by atoms with van der Waals surface area (Å²) in [6.07, 6.45) is 6.39. The summed E-state index contributed by atoms with van der Waals surface area (Å²) in [4.78, 5) is 14.3. The van der Waals surface area contributed by atoms with Gasteiger partial charge in [-0.3, -0.25) is 4.79 Å². The highest BCUT2D eigenvalue weighted by Gasteiger charge is 2.11. The third-order valence-corrected chi connectivity index (χ3v) is 4.39. The smallest absolute Gasteiger partial charge is 0.225 e. The summed E-state index contributed by atoms with van der Waals surface area (Å²) in [6.45, 7) is 4.91. The predicted octanol–water partition coefficient (Wildman–Crippen LogP) is 2.68. The summed E-state index contributed by atoms with van der Waals surface area (Å²) in [5.41, 5.74) is 7.19. The number of halogens is 1. The van der Waals surface area contributed by atoms with Crippen molar-refractivity contribution in [3.05, 3.63) is 47.0 Å². The average Bonchev–Trinajstić information content (AvgIpc) is 2.55. The number of nitrogens with zero attached hydrogens (tertiary/aromatic N) is 1. The van der Waals surface area contributed by atoms with Gasteiger partial charge < -0.3 is 21.4 Å². The molecule has 0 bridgehead atoms. The maximum absolute atomic E-state index is 13.1. The number of nitrogens with one attached hydrogen (secondary N) is 2. The lowest BCUT2D eigenvalue weighted by atomic mass is 10.0. The standard InChI is InChI=1S/C19H27FN4O/c1-14-12-15(20)7-8-16(14)17(21)13-18(22)23-19(25)6-5-11-24-9-3-2-4-10-24/h7-8,12-13,21H,2-6,9-11,22H2,1H3,(H,23,25)/b18-13+,21-17?. The molecule has 1 aromatic carbocycles. The van der Waals surface area contributed by atoms with Crippen molar-refractivity contribution in [3.8, 4) is 0 Å². The zero-order valence-electron chi connectivity index (χ0n) is 14.8. The van der Waals surface area contributed by atoms with Gasteiger partial charge in [-0.1, -0.05) is 6.42 Å². The van der Waals surface area contributed by atoms with Crippen molar-refractivity contribution < 1.29 is 9.18 Å². The molecule has 6 heteroatoms. The van der Waals surface area contributed by atoms with Crippen LogP contribution in [0.25, 0.3) is 0 Å². The van der Waals surface area contributed by atoms with Crippen molar-refractivity contribution in [1.82, 2.24) is 10.2 Å². The lowest BCUT2D eigenvalue weighted by Crippen LogP contribution is -2.32. The van der Waals surface area contributed by atoms with E-state index in [-0.39, 0.29) is 23.3 Å². The van der Waals surface area contributed by atoms with Crippen molar-refractivity contribution in [2.45, 2.75) is 39.0 Å². The van der Waals surface area contributed by atoms with Crippen LogP contribution in [0.4, 0.5) is 4.39 Å². The van der Waals surface area contributed by atoms with Crippen LogP contribution in [0.2, 0.25) is 0 Å². The minimum Gasteiger partial charge on any atom is -0.385 e. The molecule has 0 unspecified atom stereocenters. The fraction of sp³-hybridized carbons (Fsp3) is 0.474. The van der Waals surface area contributed by atoms with Crippen molar-refractivity contribution in [2.75, 3.05) is 19.6 Å². The second kappa shape index (κ2) is 9.32. The minimum absolute atomic E-state index is 0.136. The molecule has 1 saturated heterocycles. The molecule has 0 aromatic heterocycles. The third kappa shape index (κ3) is 6.31. The third-order valence-electron chi connectivity index (χ3n) is 4.39. The largest absolute Gasteiger partial charge is 0.385 e. The number of piperidine rings is 1. The fourth-order valence-electron chi connectivity index (χ4n) is 3.07. The first-order valence-corrected chi connectivity index (χ1v) is 8.80. The van der Waals surface area contributed by atoms with Crippen LogP contribution in [0.1, 0.15) is 43.2 Å².